The second-order valence-corrected chi connectivity index (χ2v) is 16.5. The molecule has 2 aromatic rings. The Morgan fingerprint density at radius 1 is 0.476 bits per heavy atom. The minimum atomic E-state index is -3.11. The van der Waals surface area contributed by atoms with Gasteiger partial charge in [0.25, 0.3) is 0 Å². The molecule has 0 aliphatic heterocycles. The van der Waals surface area contributed by atoms with Crippen LogP contribution in [-0.4, -0.2) is 11.1 Å². The number of hydrogen-bond donors (Lipinski definition) is 1. The van der Waals surface area contributed by atoms with Gasteiger partial charge >= 0.3 is 7.94 Å². The molecular weight excluding hydrogens is 535 g/mol. The molecule has 0 radical (unpaired) electrons. The van der Waals surface area contributed by atoms with Crippen molar-refractivity contribution in [3.05, 3.63) is 59.7 Å². The van der Waals surface area contributed by atoms with Crippen LogP contribution < -0.4 is 9.05 Å². The molecule has 0 aliphatic rings. The summed E-state index contributed by atoms with van der Waals surface area (Å²) in [5.41, 5.74) is 2.63. The Hall–Kier alpha value is -1.57. The Morgan fingerprint density at radius 3 is 1.05 bits per heavy atom. The summed E-state index contributed by atoms with van der Waals surface area (Å²) >= 11 is 0. The minimum Gasteiger partial charge on any atom is -0.278 e. The normalized spacial score (nSPS) is 12.5. The average molecular weight is 600 g/mol. The van der Waals surface area contributed by atoms with E-state index in [-0.39, 0.29) is 10.8 Å². The third-order valence-electron chi connectivity index (χ3n) is 8.23. The van der Waals surface area contributed by atoms with Crippen molar-refractivity contribution >= 4 is 7.94 Å². The standard InChI is InChI=1S/C38H64O3P/c1-8-9-10-11-12-13-14-15-16-17-18-19-20-21-22-23-32-42(39,40-35-28-24-33(25-29-35)37(2,3)4)41-36-30-26-34(27-31-36)38(5,6)7/h24-31,39H,8-23,32H2,1-7H3/q+1. The molecule has 3 nitrogen and oxygen atoms in total. The van der Waals surface area contributed by atoms with E-state index < -0.39 is 7.94 Å². The smallest absolute Gasteiger partial charge is 0.278 e. The highest BCUT2D eigenvalue weighted by Gasteiger charge is 2.43. The van der Waals surface area contributed by atoms with E-state index in [0.29, 0.717) is 17.7 Å². The van der Waals surface area contributed by atoms with Gasteiger partial charge < -0.3 is 0 Å². The van der Waals surface area contributed by atoms with Gasteiger partial charge in [-0.05, 0) is 59.1 Å². The van der Waals surface area contributed by atoms with Crippen molar-refractivity contribution < 1.29 is 13.9 Å². The molecule has 1 N–H and O–H groups in total. The van der Waals surface area contributed by atoms with Crippen LogP contribution in [0.4, 0.5) is 0 Å². The molecule has 0 unspecified atom stereocenters. The van der Waals surface area contributed by atoms with Crippen LogP contribution in [0, 0.1) is 0 Å². The average Bonchev–Trinajstić information content (AvgIpc) is 2.92. The molecule has 0 aliphatic carbocycles. The van der Waals surface area contributed by atoms with Crippen LogP contribution in [0.1, 0.15) is 162 Å². The van der Waals surface area contributed by atoms with Gasteiger partial charge in [0.15, 0.2) is 17.7 Å². The topological polar surface area (TPSA) is 38.7 Å². The lowest BCUT2D eigenvalue weighted by Gasteiger charge is -2.21. The summed E-state index contributed by atoms with van der Waals surface area (Å²) in [5, 5.41) is 0. The molecule has 238 valence electrons. The molecule has 0 amide bonds. The number of unbranched alkanes of at least 4 members (excludes halogenated alkanes) is 15. The van der Waals surface area contributed by atoms with Gasteiger partial charge in [0.2, 0.25) is 0 Å². The van der Waals surface area contributed by atoms with Gasteiger partial charge in [-0.2, -0.15) is 4.89 Å². The van der Waals surface area contributed by atoms with E-state index in [2.05, 4.69) is 72.7 Å². The molecule has 0 bridgehead atoms. The minimum absolute atomic E-state index is 0.0722. The molecule has 0 saturated carbocycles. The Balaban J connectivity index is 1.76. The second-order valence-electron chi connectivity index (χ2n) is 14.4. The Labute approximate surface area is 260 Å². The van der Waals surface area contributed by atoms with Crippen LogP contribution in [-0.2, 0) is 10.8 Å². The fraction of sp³-hybridized carbons (Fsp3) is 0.684. The van der Waals surface area contributed by atoms with E-state index >= 15 is 0 Å². The maximum Gasteiger partial charge on any atom is 0.495 e. The summed E-state index contributed by atoms with van der Waals surface area (Å²) in [6, 6.07) is 16.2. The monoisotopic (exact) mass is 599 g/mol. The molecular formula is C38H64O3P+. The van der Waals surface area contributed by atoms with Gasteiger partial charge in [0.1, 0.15) is 0 Å². The van der Waals surface area contributed by atoms with Crippen LogP contribution in [0.2, 0.25) is 0 Å². The summed E-state index contributed by atoms with van der Waals surface area (Å²) < 4.78 is 12.5. The molecule has 2 aromatic carbocycles. The van der Waals surface area contributed by atoms with Crippen LogP contribution in [0.25, 0.3) is 0 Å². The van der Waals surface area contributed by atoms with Gasteiger partial charge in [0, 0.05) is 0 Å². The van der Waals surface area contributed by atoms with E-state index in [4.69, 9.17) is 9.05 Å². The van der Waals surface area contributed by atoms with Crippen LogP contribution in [0.15, 0.2) is 48.5 Å². The van der Waals surface area contributed by atoms with Gasteiger partial charge in [-0.15, -0.1) is 0 Å². The largest absolute Gasteiger partial charge is 0.495 e. The summed E-state index contributed by atoms with van der Waals surface area (Å²) in [6.45, 7) is 15.5. The fourth-order valence-electron chi connectivity index (χ4n) is 5.33. The molecule has 4 heteroatoms. The lowest BCUT2D eigenvalue weighted by atomic mass is 9.87. The predicted molar refractivity (Wildman–Crippen MR) is 185 cm³/mol. The lowest BCUT2D eigenvalue weighted by Crippen LogP contribution is -2.14. The first-order valence-electron chi connectivity index (χ1n) is 17.1. The summed E-state index contributed by atoms with van der Waals surface area (Å²) in [6.07, 6.45) is 21.8. The van der Waals surface area contributed by atoms with E-state index in [1.807, 2.05) is 24.3 Å². The summed E-state index contributed by atoms with van der Waals surface area (Å²) in [4.78, 5) is 11.7. The van der Waals surface area contributed by atoms with Gasteiger partial charge in [0.05, 0.1) is 0 Å². The quantitative estimate of drug-likeness (QED) is 0.115. The molecule has 0 heterocycles. The first-order chi connectivity index (χ1) is 19.9. The number of hydrogen-bond acceptors (Lipinski definition) is 3. The Kier molecular flexibility index (Phi) is 16.5. The Morgan fingerprint density at radius 2 is 0.762 bits per heavy atom. The van der Waals surface area contributed by atoms with Crippen LogP contribution >= 0.6 is 7.94 Å². The van der Waals surface area contributed by atoms with Crippen molar-refractivity contribution in [2.24, 2.45) is 0 Å². The van der Waals surface area contributed by atoms with Crippen molar-refractivity contribution in [1.29, 1.82) is 0 Å². The summed E-state index contributed by atoms with van der Waals surface area (Å²) in [5.74, 6) is 1.34. The van der Waals surface area contributed by atoms with Crippen LogP contribution in [0.3, 0.4) is 0 Å². The zero-order valence-electron chi connectivity index (χ0n) is 28.4. The highest BCUT2D eigenvalue weighted by Crippen LogP contribution is 2.57. The van der Waals surface area contributed by atoms with Crippen molar-refractivity contribution in [1.82, 2.24) is 0 Å². The molecule has 42 heavy (non-hydrogen) atoms. The van der Waals surface area contributed by atoms with Gasteiger partial charge in [-0.25, -0.2) is 0 Å². The van der Waals surface area contributed by atoms with Gasteiger partial charge in [-0.1, -0.05) is 163 Å². The highest BCUT2D eigenvalue weighted by atomic mass is 31.2. The molecule has 0 aromatic heterocycles. The molecule has 0 atom stereocenters. The highest BCUT2D eigenvalue weighted by molar-refractivity contribution is 7.61. The number of rotatable bonds is 21. The second kappa shape index (κ2) is 19.0. The third kappa shape index (κ3) is 15.2. The van der Waals surface area contributed by atoms with Gasteiger partial charge in [-0.3, -0.25) is 9.05 Å². The maximum atomic E-state index is 11.7. The molecule has 0 spiro atoms. The fourth-order valence-corrected chi connectivity index (χ4v) is 7.08. The first-order valence-corrected chi connectivity index (χ1v) is 18.9. The maximum absolute atomic E-state index is 11.7. The van der Waals surface area contributed by atoms with Crippen LogP contribution in [0.5, 0.6) is 11.5 Å². The first kappa shape index (κ1) is 36.6. The van der Waals surface area contributed by atoms with E-state index in [0.717, 1.165) is 12.8 Å². The van der Waals surface area contributed by atoms with Crippen molar-refractivity contribution in [2.45, 2.75) is 162 Å². The zero-order valence-corrected chi connectivity index (χ0v) is 29.2. The van der Waals surface area contributed by atoms with E-state index in [9.17, 15) is 4.89 Å². The zero-order chi connectivity index (χ0) is 30.9. The predicted octanol–water partition coefficient (Wildman–Crippen LogP) is 12.8. The van der Waals surface area contributed by atoms with Crippen molar-refractivity contribution in [3.8, 4) is 11.5 Å². The third-order valence-corrected chi connectivity index (χ3v) is 10.1. The SMILES string of the molecule is CCCCCCCCCCCCCCCCCC[P+](O)(Oc1ccc(C(C)(C)C)cc1)Oc1ccc(C(C)(C)C)cc1. The van der Waals surface area contributed by atoms with E-state index in [1.165, 1.54) is 101 Å². The molecule has 0 saturated heterocycles. The molecule has 0 fully saturated rings. The van der Waals surface area contributed by atoms with Crippen molar-refractivity contribution in [2.75, 3.05) is 6.16 Å². The Bertz CT molecular complexity index is 894. The number of benzene rings is 2. The van der Waals surface area contributed by atoms with Crippen molar-refractivity contribution in [3.63, 3.8) is 0 Å². The molecule has 2 rings (SSSR count). The van der Waals surface area contributed by atoms with E-state index in [1.54, 1.807) is 0 Å². The summed E-state index contributed by atoms with van der Waals surface area (Å²) in [7, 11) is -3.11. The lowest BCUT2D eigenvalue weighted by molar-refractivity contribution is 0.344.